The van der Waals surface area contributed by atoms with Crippen molar-refractivity contribution in [2.24, 2.45) is 0 Å². The molecule has 0 aliphatic heterocycles. The van der Waals surface area contributed by atoms with Crippen molar-refractivity contribution in [1.29, 1.82) is 0 Å². The molecule has 1 aromatic rings. The normalized spacial score (nSPS) is 14.5. The molecule has 0 aliphatic carbocycles. The summed E-state index contributed by atoms with van der Waals surface area (Å²) in [6.07, 6.45) is 0.692. The predicted octanol–water partition coefficient (Wildman–Crippen LogP) is 3.33. The van der Waals surface area contributed by atoms with Gasteiger partial charge in [-0.2, -0.15) is 0 Å². The van der Waals surface area contributed by atoms with Crippen LogP contribution in [0.3, 0.4) is 0 Å². The van der Waals surface area contributed by atoms with Gasteiger partial charge in [0.1, 0.15) is 12.4 Å². The summed E-state index contributed by atoms with van der Waals surface area (Å²) < 4.78 is 5.45. The van der Waals surface area contributed by atoms with Crippen molar-refractivity contribution in [1.82, 2.24) is 0 Å². The highest BCUT2D eigenvalue weighted by atomic mass is 79.9. The van der Waals surface area contributed by atoms with Crippen molar-refractivity contribution in [2.45, 2.75) is 32.3 Å². The first kappa shape index (κ1) is 13.5. The molecule has 1 aromatic carbocycles. The van der Waals surface area contributed by atoms with Gasteiger partial charge in [-0.15, -0.1) is 0 Å². The molecule has 16 heavy (non-hydrogen) atoms. The van der Waals surface area contributed by atoms with Gasteiger partial charge in [0.2, 0.25) is 0 Å². The highest BCUT2D eigenvalue weighted by Crippen LogP contribution is 2.21. The SMILES string of the molecule is CCC(C)c1ccc(OCC(O)CBr)cc1. The van der Waals surface area contributed by atoms with Gasteiger partial charge in [0.25, 0.3) is 0 Å². The average molecular weight is 287 g/mol. The maximum atomic E-state index is 9.33. The smallest absolute Gasteiger partial charge is 0.119 e. The Kier molecular flexibility index (Phi) is 5.85. The van der Waals surface area contributed by atoms with E-state index in [0.29, 0.717) is 17.9 Å². The second-order valence-electron chi connectivity index (χ2n) is 4.00. The third kappa shape index (κ3) is 4.14. The van der Waals surface area contributed by atoms with Gasteiger partial charge in [-0.3, -0.25) is 0 Å². The van der Waals surface area contributed by atoms with Gasteiger partial charge in [0, 0.05) is 5.33 Å². The number of halogens is 1. The molecule has 90 valence electrons. The lowest BCUT2D eigenvalue weighted by molar-refractivity contribution is 0.127. The molecule has 3 heteroatoms. The molecule has 0 aromatic heterocycles. The Morgan fingerprint density at radius 2 is 1.94 bits per heavy atom. The number of hydrogen-bond donors (Lipinski definition) is 1. The van der Waals surface area contributed by atoms with Crippen LogP contribution < -0.4 is 4.74 Å². The molecule has 1 rings (SSSR count). The summed E-state index contributed by atoms with van der Waals surface area (Å²) in [4.78, 5) is 0. The van der Waals surface area contributed by atoms with Gasteiger partial charge < -0.3 is 9.84 Å². The van der Waals surface area contributed by atoms with Gasteiger partial charge in [-0.05, 0) is 30.0 Å². The van der Waals surface area contributed by atoms with E-state index in [2.05, 4.69) is 41.9 Å². The first-order chi connectivity index (χ1) is 7.67. The van der Waals surface area contributed by atoms with Crippen LogP contribution in [0.2, 0.25) is 0 Å². The second kappa shape index (κ2) is 6.92. The predicted molar refractivity (Wildman–Crippen MR) is 70.4 cm³/mol. The minimum absolute atomic E-state index is 0.327. The lowest BCUT2D eigenvalue weighted by Gasteiger charge is -2.12. The Balaban J connectivity index is 2.51. The molecule has 2 unspecified atom stereocenters. The number of aliphatic hydroxyl groups is 1. The maximum Gasteiger partial charge on any atom is 0.119 e. The van der Waals surface area contributed by atoms with Crippen molar-refractivity contribution >= 4 is 15.9 Å². The fraction of sp³-hybridized carbons (Fsp3) is 0.538. The molecule has 2 nitrogen and oxygen atoms in total. The van der Waals surface area contributed by atoms with Gasteiger partial charge in [0.15, 0.2) is 0 Å². The highest BCUT2D eigenvalue weighted by molar-refractivity contribution is 9.09. The first-order valence-corrected chi connectivity index (χ1v) is 6.76. The quantitative estimate of drug-likeness (QED) is 0.813. The topological polar surface area (TPSA) is 29.5 Å². The molecule has 0 saturated heterocycles. The molecule has 0 radical (unpaired) electrons. The number of rotatable bonds is 6. The summed E-state index contributed by atoms with van der Waals surface area (Å²) in [5.41, 5.74) is 1.33. The van der Waals surface area contributed by atoms with Crippen LogP contribution in [0, 0.1) is 0 Å². The van der Waals surface area contributed by atoms with E-state index in [9.17, 15) is 5.11 Å². The lowest BCUT2D eigenvalue weighted by Crippen LogP contribution is -2.18. The zero-order chi connectivity index (χ0) is 12.0. The highest BCUT2D eigenvalue weighted by Gasteiger charge is 2.05. The van der Waals surface area contributed by atoms with Crippen molar-refractivity contribution in [2.75, 3.05) is 11.9 Å². The summed E-state index contributed by atoms with van der Waals surface area (Å²) in [5.74, 6) is 1.40. The Morgan fingerprint density at radius 3 is 2.44 bits per heavy atom. The molecule has 0 saturated carbocycles. The third-order valence-electron chi connectivity index (χ3n) is 2.68. The zero-order valence-electron chi connectivity index (χ0n) is 9.82. The van der Waals surface area contributed by atoms with Crippen LogP contribution in [0.4, 0.5) is 0 Å². The Morgan fingerprint density at radius 1 is 1.31 bits per heavy atom. The summed E-state index contributed by atoms with van der Waals surface area (Å²) in [6, 6.07) is 8.10. The molecule has 0 bridgehead atoms. The number of ether oxygens (including phenoxy) is 1. The van der Waals surface area contributed by atoms with E-state index in [1.807, 2.05) is 12.1 Å². The van der Waals surface area contributed by atoms with E-state index in [-0.39, 0.29) is 0 Å². The molecule has 0 aliphatic rings. The van der Waals surface area contributed by atoms with Crippen LogP contribution in [-0.2, 0) is 0 Å². The number of hydrogen-bond acceptors (Lipinski definition) is 2. The third-order valence-corrected chi connectivity index (χ3v) is 3.43. The summed E-state index contributed by atoms with van der Waals surface area (Å²) in [7, 11) is 0. The van der Waals surface area contributed by atoms with Crippen molar-refractivity contribution < 1.29 is 9.84 Å². The van der Waals surface area contributed by atoms with Crippen molar-refractivity contribution in [3.63, 3.8) is 0 Å². The molecule has 0 amide bonds. The van der Waals surface area contributed by atoms with Crippen LogP contribution >= 0.6 is 15.9 Å². The monoisotopic (exact) mass is 286 g/mol. The van der Waals surface area contributed by atoms with Crippen molar-refractivity contribution in [3.05, 3.63) is 29.8 Å². The molecule has 0 fully saturated rings. The van der Waals surface area contributed by atoms with E-state index in [1.54, 1.807) is 0 Å². The number of aliphatic hydroxyl groups excluding tert-OH is 1. The van der Waals surface area contributed by atoms with Crippen LogP contribution in [0.1, 0.15) is 31.7 Å². The zero-order valence-corrected chi connectivity index (χ0v) is 11.4. The summed E-state index contributed by atoms with van der Waals surface area (Å²) in [6.45, 7) is 4.72. The van der Waals surface area contributed by atoms with E-state index >= 15 is 0 Å². The molecular weight excluding hydrogens is 268 g/mol. The fourth-order valence-electron chi connectivity index (χ4n) is 1.37. The largest absolute Gasteiger partial charge is 0.491 e. The lowest BCUT2D eigenvalue weighted by atomic mass is 9.99. The molecule has 2 atom stereocenters. The van der Waals surface area contributed by atoms with Crippen LogP contribution in [-0.4, -0.2) is 23.1 Å². The molecule has 1 N–H and O–H groups in total. The molecular formula is C13H19BrO2. The fourth-order valence-corrected chi connectivity index (χ4v) is 1.55. The van der Waals surface area contributed by atoms with Crippen LogP contribution in [0.5, 0.6) is 5.75 Å². The van der Waals surface area contributed by atoms with Gasteiger partial charge in [-0.1, -0.05) is 41.9 Å². The standard InChI is InChI=1S/C13H19BrO2/c1-3-10(2)11-4-6-13(7-5-11)16-9-12(15)8-14/h4-7,10,12,15H,3,8-9H2,1-2H3. The first-order valence-electron chi connectivity index (χ1n) is 5.64. The Hall–Kier alpha value is -0.540. The summed E-state index contributed by atoms with van der Waals surface area (Å²) in [5, 5.41) is 9.87. The number of alkyl halides is 1. The van der Waals surface area contributed by atoms with Gasteiger partial charge in [-0.25, -0.2) is 0 Å². The van der Waals surface area contributed by atoms with E-state index in [4.69, 9.17) is 4.74 Å². The van der Waals surface area contributed by atoms with Crippen LogP contribution in [0.25, 0.3) is 0 Å². The van der Waals surface area contributed by atoms with E-state index in [0.717, 1.165) is 12.2 Å². The van der Waals surface area contributed by atoms with Crippen molar-refractivity contribution in [3.8, 4) is 5.75 Å². The number of benzene rings is 1. The maximum absolute atomic E-state index is 9.33. The van der Waals surface area contributed by atoms with Gasteiger partial charge >= 0.3 is 0 Å². The molecule has 0 heterocycles. The second-order valence-corrected chi connectivity index (χ2v) is 4.64. The average Bonchev–Trinajstić information content (AvgIpc) is 2.35. The minimum Gasteiger partial charge on any atom is -0.491 e. The summed E-state index contributed by atoms with van der Waals surface area (Å²) >= 11 is 3.20. The van der Waals surface area contributed by atoms with Gasteiger partial charge in [0.05, 0.1) is 6.10 Å². The van der Waals surface area contributed by atoms with E-state index in [1.165, 1.54) is 5.56 Å². The van der Waals surface area contributed by atoms with E-state index < -0.39 is 6.10 Å². The Labute approximate surface area is 106 Å². The molecule has 0 spiro atoms. The minimum atomic E-state index is -0.450. The Bertz CT molecular complexity index is 297. The van der Waals surface area contributed by atoms with Crippen LogP contribution in [0.15, 0.2) is 24.3 Å².